The molecule has 5 aromatic rings. The van der Waals surface area contributed by atoms with Gasteiger partial charge in [0.25, 0.3) is 0 Å². The van der Waals surface area contributed by atoms with Crippen LogP contribution < -0.4 is 9.47 Å². The van der Waals surface area contributed by atoms with Crippen LogP contribution in [-0.2, 0) is 19.1 Å². The average Bonchev–Trinajstić information content (AvgIpc) is 3.15. The Hall–Kier alpha value is -5.96. The third-order valence-electron chi connectivity index (χ3n) is 7.87. The van der Waals surface area contributed by atoms with E-state index in [2.05, 4.69) is 0 Å². The molecule has 0 N–H and O–H groups in total. The van der Waals surface area contributed by atoms with Crippen LogP contribution in [0.2, 0.25) is 0 Å². The Morgan fingerprint density at radius 2 is 1.00 bits per heavy atom. The lowest BCUT2D eigenvalue weighted by Crippen LogP contribution is -2.49. The predicted molar refractivity (Wildman–Crippen MR) is 181 cm³/mol. The zero-order valence-electron chi connectivity index (χ0n) is 26.3. The second kappa shape index (κ2) is 15.8. The molecule has 4 atom stereocenters. The van der Waals surface area contributed by atoms with Crippen molar-refractivity contribution in [1.29, 1.82) is 0 Å². The molecule has 0 unspecified atom stereocenters. The van der Waals surface area contributed by atoms with Crippen molar-refractivity contribution in [2.75, 3.05) is 0 Å². The number of carbonyl (C=O) groups is 4. The molecular weight excluding hydrogens is 620 g/mol. The van der Waals surface area contributed by atoms with E-state index < -0.39 is 47.9 Å². The van der Waals surface area contributed by atoms with Gasteiger partial charge in [0, 0.05) is 16.7 Å². The molecule has 0 amide bonds. The maximum atomic E-state index is 14.1. The summed E-state index contributed by atoms with van der Waals surface area (Å²) in [6.45, 7) is 0. The van der Waals surface area contributed by atoms with E-state index in [4.69, 9.17) is 18.9 Å². The first kappa shape index (κ1) is 33.0. The van der Waals surface area contributed by atoms with Crippen LogP contribution >= 0.6 is 0 Å². The Morgan fingerprint density at radius 3 is 1.51 bits per heavy atom. The van der Waals surface area contributed by atoms with Gasteiger partial charge in [0.1, 0.15) is 17.4 Å². The molecule has 1 fully saturated rings. The van der Waals surface area contributed by atoms with Crippen molar-refractivity contribution in [3.05, 3.63) is 180 Å². The van der Waals surface area contributed by atoms with Crippen LogP contribution in [0.15, 0.2) is 163 Å². The molecule has 0 radical (unpaired) electrons. The SMILES string of the molecule is O=C(C[C@H]1O[C@@H](c2ccccc2)O[C@@H](C=C(C(=O)c2ccccc2)C(=O)c2ccccc2)[C@@H]1C(=O)Oc1ccccc1)Oc1ccccc1. The van der Waals surface area contributed by atoms with Gasteiger partial charge in [-0.1, -0.05) is 127 Å². The van der Waals surface area contributed by atoms with E-state index in [0.717, 1.165) is 0 Å². The van der Waals surface area contributed by atoms with Gasteiger partial charge >= 0.3 is 11.9 Å². The number of benzene rings is 5. The lowest BCUT2D eigenvalue weighted by molar-refractivity contribution is -0.262. The van der Waals surface area contributed by atoms with Gasteiger partial charge < -0.3 is 18.9 Å². The Morgan fingerprint density at radius 1 is 0.551 bits per heavy atom. The third kappa shape index (κ3) is 8.31. The van der Waals surface area contributed by atoms with Gasteiger partial charge in [0.2, 0.25) is 0 Å². The third-order valence-corrected chi connectivity index (χ3v) is 7.87. The van der Waals surface area contributed by atoms with Gasteiger partial charge in [-0.2, -0.15) is 0 Å². The first-order valence-corrected chi connectivity index (χ1v) is 15.8. The van der Waals surface area contributed by atoms with E-state index >= 15 is 0 Å². The second-order valence-electron chi connectivity index (χ2n) is 11.2. The van der Waals surface area contributed by atoms with Crippen molar-refractivity contribution < 1.29 is 38.1 Å². The van der Waals surface area contributed by atoms with E-state index in [0.29, 0.717) is 11.3 Å². The van der Waals surface area contributed by atoms with Crippen LogP contribution in [-0.4, -0.2) is 35.7 Å². The Bertz CT molecular complexity index is 1860. The maximum absolute atomic E-state index is 14.1. The minimum absolute atomic E-state index is 0.209. The molecular formula is C41H32O8. The van der Waals surface area contributed by atoms with Gasteiger partial charge in [-0.05, 0) is 30.3 Å². The van der Waals surface area contributed by atoms with Crippen molar-refractivity contribution in [3.8, 4) is 11.5 Å². The van der Waals surface area contributed by atoms with Gasteiger partial charge in [-0.3, -0.25) is 19.2 Å². The summed E-state index contributed by atoms with van der Waals surface area (Å²) in [5, 5.41) is 0. The largest absolute Gasteiger partial charge is 0.426 e. The summed E-state index contributed by atoms with van der Waals surface area (Å²) in [7, 11) is 0. The van der Waals surface area contributed by atoms with Gasteiger partial charge in [0.05, 0.1) is 24.2 Å². The highest BCUT2D eigenvalue weighted by atomic mass is 16.7. The zero-order chi connectivity index (χ0) is 34.0. The van der Waals surface area contributed by atoms with Crippen molar-refractivity contribution in [2.45, 2.75) is 24.9 Å². The molecule has 49 heavy (non-hydrogen) atoms. The highest BCUT2D eigenvalue weighted by Crippen LogP contribution is 2.38. The topological polar surface area (TPSA) is 105 Å². The summed E-state index contributed by atoms with van der Waals surface area (Å²) in [5.41, 5.74) is 0.939. The molecule has 0 spiro atoms. The van der Waals surface area contributed by atoms with Gasteiger partial charge in [-0.25, -0.2) is 0 Å². The fraction of sp³-hybridized carbons (Fsp3) is 0.122. The normalized spacial score (nSPS) is 18.4. The monoisotopic (exact) mass is 652 g/mol. The highest BCUT2D eigenvalue weighted by molar-refractivity contribution is 6.31. The van der Waals surface area contributed by atoms with Crippen LogP contribution in [0.3, 0.4) is 0 Å². The number of rotatable bonds is 11. The summed E-state index contributed by atoms with van der Waals surface area (Å²) in [4.78, 5) is 55.5. The number of allylic oxidation sites excluding steroid dienone is 1. The van der Waals surface area contributed by atoms with Crippen LogP contribution in [0.5, 0.6) is 11.5 Å². The number of ketones is 2. The lowest BCUT2D eigenvalue weighted by atomic mass is 9.87. The molecule has 8 heteroatoms. The van der Waals surface area contributed by atoms with Gasteiger partial charge in [0.15, 0.2) is 17.9 Å². The Balaban J connectivity index is 1.45. The summed E-state index contributed by atoms with van der Waals surface area (Å²) >= 11 is 0. The van der Waals surface area contributed by atoms with E-state index in [9.17, 15) is 19.2 Å². The zero-order valence-corrected chi connectivity index (χ0v) is 26.3. The lowest BCUT2D eigenvalue weighted by Gasteiger charge is -2.39. The maximum Gasteiger partial charge on any atom is 0.320 e. The Labute approximate surface area is 283 Å². The molecule has 1 saturated heterocycles. The van der Waals surface area contributed by atoms with Crippen molar-refractivity contribution in [2.24, 2.45) is 5.92 Å². The number of ether oxygens (including phenoxy) is 4. The number of para-hydroxylation sites is 2. The highest BCUT2D eigenvalue weighted by Gasteiger charge is 2.46. The Kier molecular flexibility index (Phi) is 10.6. The predicted octanol–water partition coefficient (Wildman–Crippen LogP) is 7.38. The quantitative estimate of drug-likeness (QED) is 0.0364. The molecule has 5 aromatic carbocycles. The molecule has 0 aromatic heterocycles. The molecule has 0 aliphatic carbocycles. The van der Waals surface area contributed by atoms with E-state index in [1.165, 1.54) is 6.08 Å². The van der Waals surface area contributed by atoms with E-state index in [1.54, 1.807) is 146 Å². The standard InChI is InChI=1S/C41H32O8/c42-36(46-31-22-12-4-13-23-31)27-35-37(40(45)47-32-24-14-5-15-25-32)34(48-41(49-35)30-20-10-3-11-21-30)26-33(38(43)28-16-6-1-7-17-28)39(44)29-18-8-2-9-19-29/h1-26,34-35,37,41H,27H2/t34-,35+,37-,41-/m0/s1. The second-order valence-corrected chi connectivity index (χ2v) is 11.2. The first-order valence-electron chi connectivity index (χ1n) is 15.8. The molecule has 1 aliphatic rings. The molecule has 6 rings (SSSR count). The van der Waals surface area contributed by atoms with Crippen molar-refractivity contribution >= 4 is 23.5 Å². The number of hydrogen-bond donors (Lipinski definition) is 0. The molecule has 8 nitrogen and oxygen atoms in total. The number of Topliss-reactive ketones (excluding diaryl/α,β-unsaturated/α-hetero) is 2. The summed E-state index contributed by atoms with van der Waals surface area (Å²) in [6.07, 6.45) is -2.48. The molecule has 0 bridgehead atoms. The fourth-order valence-electron chi connectivity index (χ4n) is 5.49. The van der Waals surface area contributed by atoms with Crippen LogP contribution in [0.25, 0.3) is 0 Å². The van der Waals surface area contributed by atoms with E-state index in [1.807, 2.05) is 6.07 Å². The number of hydrogen-bond acceptors (Lipinski definition) is 8. The van der Waals surface area contributed by atoms with Crippen molar-refractivity contribution in [1.82, 2.24) is 0 Å². The summed E-state index contributed by atoms with van der Waals surface area (Å²) in [6, 6.07) is 42.7. The minimum Gasteiger partial charge on any atom is -0.426 e. The molecule has 1 aliphatic heterocycles. The first-order chi connectivity index (χ1) is 24.0. The molecule has 244 valence electrons. The van der Waals surface area contributed by atoms with Crippen LogP contribution in [0, 0.1) is 5.92 Å². The number of esters is 2. The van der Waals surface area contributed by atoms with Crippen LogP contribution in [0.1, 0.15) is 39.0 Å². The summed E-state index contributed by atoms with van der Waals surface area (Å²) < 4.78 is 24.1. The summed E-state index contributed by atoms with van der Waals surface area (Å²) in [5.74, 6) is -3.28. The van der Waals surface area contributed by atoms with E-state index in [-0.39, 0.29) is 28.9 Å². The number of carbonyl (C=O) groups excluding carboxylic acids is 4. The van der Waals surface area contributed by atoms with Gasteiger partial charge in [-0.15, -0.1) is 0 Å². The molecule has 1 heterocycles. The molecule has 0 saturated carbocycles. The smallest absolute Gasteiger partial charge is 0.320 e. The average molecular weight is 653 g/mol. The fourth-order valence-corrected chi connectivity index (χ4v) is 5.49. The van der Waals surface area contributed by atoms with Crippen molar-refractivity contribution in [3.63, 3.8) is 0 Å². The minimum atomic E-state index is -1.30. The van der Waals surface area contributed by atoms with Crippen LogP contribution in [0.4, 0.5) is 0 Å².